The number of benzene rings is 2. The third-order valence-electron chi connectivity index (χ3n) is 6.65. The maximum Gasteiger partial charge on any atom is 0.423 e. The fraction of sp³-hybridized carbons (Fsp3) is 0.346. The van der Waals surface area contributed by atoms with E-state index in [4.69, 9.17) is 5.73 Å². The van der Waals surface area contributed by atoms with E-state index in [9.17, 15) is 32.3 Å². The van der Waals surface area contributed by atoms with Crippen LogP contribution >= 0.6 is 0 Å². The van der Waals surface area contributed by atoms with Gasteiger partial charge < -0.3 is 20.7 Å². The molecule has 0 radical (unpaired) electrons. The van der Waals surface area contributed by atoms with Crippen LogP contribution in [0.15, 0.2) is 54.1 Å². The van der Waals surface area contributed by atoms with Gasteiger partial charge in [-0.25, -0.2) is 9.37 Å². The molecule has 1 fully saturated rings. The summed E-state index contributed by atoms with van der Waals surface area (Å²) >= 11 is 0. The smallest absolute Gasteiger partial charge is 0.398 e. The number of halogens is 4. The monoisotopic (exact) mass is 533 g/mol. The molecule has 1 aliphatic heterocycles. The molecule has 2 aromatic carbocycles. The molecule has 0 aliphatic carbocycles. The second-order valence-electron chi connectivity index (χ2n) is 9.21. The summed E-state index contributed by atoms with van der Waals surface area (Å²) in [5.41, 5.74) is 8.63. The summed E-state index contributed by atoms with van der Waals surface area (Å²) < 4.78 is 51.5. The van der Waals surface area contributed by atoms with Crippen molar-refractivity contribution in [2.75, 3.05) is 18.4 Å². The van der Waals surface area contributed by atoms with Crippen molar-refractivity contribution in [1.82, 2.24) is 14.9 Å². The summed E-state index contributed by atoms with van der Waals surface area (Å²) in [6.07, 6.45) is -6.52. The van der Waals surface area contributed by atoms with Crippen LogP contribution in [0.25, 0.3) is 16.7 Å². The van der Waals surface area contributed by atoms with Crippen LogP contribution in [0, 0.1) is 11.7 Å². The first-order chi connectivity index (χ1) is 18.0. The Morgan fingerprint density at radius 2 is 1.79 bits per heavy atom. The number of nitrogens with two attached hydrogens (primary N) is 1. The van der Waals surface area contributed by atoms with Gasteiger partial charge in [0.15, 0.2) is 0 Å². The van der Waals surface area contributed by atoms with Gasteiger partial charge in [-0.2, -0.15) is 13.2 Å². The summed E-state index contributed by atoms with van der Waals surface area (Å²) in [4.78, 5) is 33.6. The molecule has 202 valence electrons. The second-order valence-corrected chi connectivity index (χ2v) is 9.21. The average Bonchev–Trinajstić information content (AvgIpc) is 3.30. The quantitative estimate of drug-likeness (QED) is 0.271. The van der Waals surface area contributed by atoms with Crippen molar-refractivity contribution >= 4 is 34.5 Å². The largest absolute Gasteiger partial charge is 0.423 e. The number of imidazole rings is 1. The predicted molar refractivity (Wildman–Crippen MR) is 133 cm³/mol. The zero-order valence-corrected chi connectivity index (χ0v) is 20.3. The van der Waals surface area contributed by atoms with E-state index in [2.05, 4.69) is 15.3 Å². The molecule has 0 bridgehead atoms. The molecule has 3 aromatic rings. The molecule has 1 atom stereocenters. The maximum atomic E-state index is 13.4. The Balaban J connectivity index is 1.46. The summed E-state index contributed by atoms with van der Waals surface area (Å²) in [6.45, 7) is 0.128. The van der Waals surface area contributed by atoms with E-state index in [0.29, 0.717) is 30.3 Å². The number of rotatable bonds is 7. The van der Waals surface area contributed by atoms with E-state index in [1.807, 2.05) is 18.2 Å². The number of aliphatic hydroxyl groups is 1. The predicted octanol–water partition coefficient (Wildman–Crippen LogP) is 3.95. The molecule has 1 aliphatic rings. The molecule has 1 saturated heterocycles. The van der Waals surface area contributed by atoms with Gasteiger partial charge in [0, 0.05) is 24.4 Å². The van der Waals surface area contributed by atoms with Crippen molar-refractivity contribution in [3.8, 4) is 0 Å². The highest BCUT2D eigenvalue weighted by Gasteiger charge is 2.45. The molecule has 5 N–H and O–H groups in total. The highest BCUT2D eigenvalue weighted by Crippen LogP contribution is 2.29. The highest BCUT2D eigenvalue weighted by molar-refractivity contribution is 6.08. The van der Waals surface area contributed by atoms with Crippen LogP contribution in [0.5, 0.6) is 0 Å². The Labute approximate surface area is 215 Å². The van der Waals surface area contributed by atoms with Crippen molar-refractivity contribution in [1.29, 1.82) is 0 Å². The van der Waals surface area contributed by atoms with Gasteiger partial charge >= 0.3 is 6.18 Å². The van der Waals surface area contributed by atoms with E-state index in [0.717, 1.165) is 10.4 Å². The number of anilines is 1. The molecule has 0 saturated carbocycles. The lowest BCUT2D eigenvalue weighted by Gasteiger charge is -2.33. The molecule has 38 heavy (non-hydrogen) atoms. The number of carbonyl (C=O) groups excluding carboxylic acids is 2. The van der Waals surface area contributed by atoms with Crippen molar-refractivity contribution in [3.05, 3.63) is 65.5 Å². The Morgan fingerprint density at radius 3 is 2.42 bits per heavy atom. The number of para-hydroxylation sites is 2. The molecule has 4 rings (SSSR count). The van der Waals surface area contributed by atoms with Crippen LogP contribution < -0.4 is 11.1 Å². The van der Waals surface area contributed by atoms with E-state index in [1.54, 1.807) is 6.07 Å². The van der Waals surface area contributed by atoms with Gasteiger partial charge in [0.05, 0.1) is 11.0 Å². The number of fused-ring (bicyclic) bond motifs is 1. The number of hydrogen-bond donors (Lipinski definition) is 4. The Bertz CT molecular complexity index is 1300. The molecule has 8 nitrogen and oxygen atoms in total. The molecule has 1 unspecified atom stereocenters. The normalized spacial score (nSPS) is 16.3. The lowest BCUT2D eigenvalue weighted by Crippen LogP contribution is -2.49. The number of piperidine rings is 1. The topological polar surface area (TPSA) is 124 Å². The minimum absolute atomic E-state index is 0.0112. The number of amides is 2. The Kier molecular flexibility index (Phi) is 8.00. The lowest BCUT2D eigenvalue weighted by molar-refractivity contribution is -0.211. The van der Waals surface area contributed by atoms with Gasteiger partial charge in [-0.05, 0) is 73.6 Å². The number of likely N-dealkylation sites (tertiary alicyclic amines) is 1. The lowest BCUT2D eigenvalue weighted by atomic mass is 9.89. The second kappa shape index (κ2) is 11.2. The van der Waals surface area contributed by atoms with Crippen LogP contribution in [0.3, 0.4) is 0 Å². The highest BCUT2D eigenvalue weighted by atomic mass is 19.4. The standard InChI is InChI=1S/C26H27F4N5O3/c27-17-8-6-16(7-9-17)21(31)18(23(37)34-25-32-19-3-1-2-4-20(19)33-25)10-5-15-11-13-35(14-12-15)24(38)22(36)26(28,29)30/h1-4,6-9,15,22,36H,5,10-14,31H2,(H2,32,33,34,37)/b21-18-. The summed E-state index contributed by atoms with van der Waals surface area (Å²) in [6, 6.07) is 12.6. The van der Waals surface area contributed by atoms with E-state index >= 15 is 0 Å². The molecule has 2 heterocycles. The van der Waals surface area contributed by atoms with Crippen LogP contribution in [0.4, 0.5) is 23.5 Å². The van der Waals surface area contributed by atoms with Gasteiger partial charge in [0.1, 0.15) is 5.82 Å². The van der Waals surface area contributed by atoms with Crippen LogP contribution in [0.2, 0.25) is 0 Å². The zero-order chi connectivity index (χ0) is 27.4. The molecule has 0 spiro atoms. The summed E-state index contributed by atoms with van der Waals surface area (Å²) in [7, 11) is 0. The first-order valence-corrected chi connectivity index (χ1v) is 12.1. The first kappa shape index (κ1) is 27.1. The van der Waals surface area contributed by atoms with Gasteiger partial charge in [0.25, 0.3) is 11.8 Å². The number of nitrogens with zero attached hydrogens (tertiary/aromatic N) is 2. The fourth-order valence-corrected chi connectivity index (χ4v) is 4.47. The summed E-state index contributed by atoms with van der Waals surface area (Å²) in [5.74, 6) is -2.06. The van der Waals surface area contributed by atoms with Gasteiger partial charge in [0.2, 0.25) is 12.1 Å². The van der Waals surface area contributed by atoms with Crippen LogP contribution in [-0.4, -0.2) is 57.2 Å². The molecule has 12 heteroatoms. The first-order valence-electron chi connectivity index (χ1n) is 12.1. The molecule has 2 amide bonds. The van der Waals surface area contributed by atoms with Crippen molar-refractivity contribution < 1.29 is 32.3 Å². The van der Waals surface area contributed by atoms with Gasteiger partial charge in [-0.1, -0.05) is 12.1 Å². The number of aromatic amines is 1. The molecular weight excluding hydrogens is 506 g/mol. The molecular formula is C26H27F4N5O3. The third kappa shape index (κ3) is 6.31. The zero-order valence-electron chi connectivity index (χ0n) is 20.3. The maximum absolute atomic E-state index is 13.4. The third-order valence-corrected chi connectivity index (χ3v) is 6.65. The minimum Gasteiger partial charge on any atom is -0.398 e. The fourth-order valence-electron chi connectivity index (χ4n) is 4.47. The average molecular weight is 534 g/mol. The number of carbonyl (C=O) groups is 2. The number of hydrogen-bond acceptors (Lipinski definition) is 5. The van der Waals surface area contributed by atoms with Crippen molar-refractivity contribution in [2.45, 2.75) is 38.0 Å². The number of nitrogens with one attached hydrogen (secondary N) is 2. The van der Waals surface area contributed by atoms with Crippen molar-refractivity contribution in [2.24, 2.45) is 11.7 Å². The van der Waals surface area contributed by atoms with E-state index < -0.39 is 29.9 Å². The SMILES string of the molecule is N/C(=C(/CCC1CCN(C(=O)C(O)C(F)(F)F)CC1)C(=O)Nc1nc2ccccc2[nH]1)c1ccc(F)cc1. The van der Waals surface area contributed by atoms with Crippen LogP contribution in [-0.2, 0) is 9.59 Å². The number of aliphatic hydroxyl groups excluding tert-OH is 1. The van der Waals surface area contributed by atoms with Crippen LogP contribution in [0.1, 0.15) is 31.2 Å². The Morgan fingerprint density at radius 1 is 1.13 bits per heavy atom. The summed E-state index contributed by atoms with van der Waals surface area (Å²) in [5, 5.41) is 12.0. The van der Waals surface area contributed by atoms with Crippen molar-refractivity contribution in [3.63, 3.8) is 0 Å². The van der Waals surface area contributed by atoms with Gasteiger partial charge in [-0.15, -0.1) is 0 Å². The number of aromatic nitrogens is 2. The number of H-pyrrole nitrogens is 1. The number of alkyl halides is 3. The van der Waals surface area contributed by atoms with E-state index in [-0.39, 0.29) is 42.6 Å². The Hall–Kier alpha value is -3.93. The van der Waals surface area contributed by atoms with Gasteiger partial charge in [-0.3, -0.25) is 14.9 Å². The minimum atomic E-state index is -5.02. The molecule has 1 aromatic heterocycles. The van der Waals surface area contributed by atoms with E-state index in [1.165, 1.54) is 24.3 Å².